The second-order valence-corrected chi connectivity index (χ2v) is 16.9. The number of hydrogen-bond donors (Lipinski definition) is 0. The normalized spacial score (nSPS) is 39.3. The highest BCUT2D eigenvalue weighted by Crippen LogP contribution is 2.84. The van der Waals surface area contributed by atoms with Gasteiger partial charge in [0.15, 0.2) is 4.33 Å². The molecule has 3 saturated carbocycles. The van der Waals surface area contributed by atoms with E-state index in [0.29, 0.717) is 31.9 Å². The van der Waals surface area contributed by atoms with Gasteiger partial charge in [-0.25, -0.2) is 0 Å². The molecule has 0 N–H and O–H groups in total. The fourth-order valence-electron chi connectivity index (χ4n) is 7.18. The van der Waals surface area contributed by atoms with Crippen LogP contribution in [0.25, 0.3) is 0 Å². The Hall–Kier alpha value is 1.33. The van der Waals surface area contributed by atoms with E-state index in [1.165, 1.54) is 0 Å². The van der Waals surface area contributed by atoms with Crippen LogP contribution in [0.2, 0.25) is 10.0 Å². The number of fused-ring (bicyclic) bond motifs is 12. The monoisotopic (exact) mass is 730 g/mol. The maximum Gasteiger partial charge on any atom is 0.201 e. The summed E-state index contributed by atoms with van der Waals surface area (Å²) in [6.45, 7) is 0. The molecule has 4 aliphatic carbocycles. The summed E-state index contributed by atoms with van der Waals surface area (Å²) in [5.74, 6) is 0.393. The molecule has 0 radical (unpaired) electrons. The maximum absolute atomic E-state index is 6.82. The summed E-state index contributed by atoms with van der Waals surface area (Å²) >= 11 is 69.6. The third-order valence-corrected chi connectivity index (χ3v) is 14.1. The number of allylic oxidation sites excluding steroid dienone is 2. The van der Waals surface area contributed by atoms with Gasteiger partial charge in [-0.2, -0.15) is 0 Å². The Balaban J connectivity index is 0.000000139. The van der Waals surface area contributed by atoms with Crippen molar-refractivity contribution in [2.24, 2.45) is 23.7 Å². The average Bonchev–Trinajstić information content (AvgIpc) is 3.39. The van der Waals surface area contributed by atoms with Gasteiger partial charge in [-0.1, -0.05) is 129 Å². The number of ether oxygens (including phenoxy) is 1. The largest absolute Gasteiger partial charge is 0.369 e. The minimum Gasteiger partial charge on any atom is -0.369 e. The Morgan fingerprint density at radius 3 is 1.37 bits per heavy atom. The van der Waals surface area contributed by atoms with E-state index in [9.17, 15) is 0 Å². The van der Waals surface area contributed by atoms with E-state index < -0.39 is 17.9 Å². The third kappa shape index (κ3) is 3.98. The van der Waals surface area contributed by atoms with E-state index in [-0.39, 0.29) is 30.0 Å². The molecule has 7 rings (SSSR count). The highest BCUT2D eigenvalue weighted by atomic mass is 35.6. The summed E-state index contributed by atoms with van der Waals surface area (Å²) in [6.07, 6.45) is 1.63. The molecule has 0 spiro atoms. The van der Waals surface area contributed by atoms with E-state index in [1.807, 2.05) is 24.3 Å². The molecule has 2 aromatic rings. The number of halogens is 11. The summed E-state index contributed by atoms with van der Waals surface area (Å²) in [4.78, 5) is -2.17. The van der Waals surface area contributed by atoms with E-state index in [0.717, 1.165) is 17.5 Å². The second-order valence-electron chi connectivity index (χ2n) is 10.4. The van der Waals surface area contributed by atoms with Crippen molar-refractivity contribution in [1.29, 1.82) is 0 Å². The highest BCUT2D eigenvalue weighted by molar-refractivity contribution is 6.68. The minimum atomic E-state index is -1.46. The van der Waals surface area contributed by atoms with Gasteiger partial charge in [0, 0.05) is 10.0 Å². The van der Waals surface area contributed by atoms with Gasteiger partial charge in [0.1, 0.15) is 9.75 Å². The summed E-state index contributed by atoms with van der Waals surface area (Å²) in [5.41, 5.74) is 1.76. The van der Waals surface area contributed by atoms with Gasteiger partial charge in [-0.3, -0.25) is 0 Å². The Morgan fingerprint density at radius 2 is 1.03 bits per heavy atom. The lowest BCUT2D eigenvalue weighted by Crippen LogP contribution is -2.46. The maximum atomic E-state index is 6.82. The van der Waals surface area contributed by atoms with E-state index >= 15 is 0 Å². The predicted molar refractivity (Wildman–Crippen MR) is 163 cm³/mol. The zero-order valence-electron chi connectivity index (χ0n) is 18.9. The van der Waals surface area contributed by atoms with E-state index in [1.54, 1.807) is 24.3 Å². The molecule has 4 bridgehead atoms. The molecule has 12 heteroatoms. The molecule has 8 unspecified atom stereocenters. The van der Waals surface area contributed by atoms with Gasteiger partial charge >= 0.3 is 0 Å². The van der Waals surface area contributed by atoms with Crippen molar-refractivity contribution in [2.75, 3.05) is 0 Å². The molecule has 204 valence electrons. The molecular formula is C26H17Cl11O. The molecule has 1 aliphatic heterocycles. The Labute approximate surface area is 275 Å². The van der Waals surface area contributed by atoms with Gasteiger partial charge < -0.3 is 4.74 Å². The van der Waals surface area contributed by atoms with Crippen LogP contribution in [0, 0.1) is 23.7 Å². The highest BCUT2D eigenvalue weighted by Gasteiger charge is 2.89. The molecular weight excluding hydrogens is 718 g/mol. The van der Waals surface area contributed by atoms with Gasteiger partial charge in [0.05, 0.1) is 28.2 Å². The fraction of sp³-hybridized carbons (Fsp3) is 0.462. The van der Waals surface area contributed by atoms with Gasteiger partial charge in [-0.05, 0) is 65.5 Å². The lowest BCUT2D eigenvalue weighted by Gasteiger charge is -2.38. The van der Waals surface area contributed by atoms with Gasteiger partial charge in [-0.15, -0.1) is 23.2 Å². The quantitative estimate of drug-likeness (QED) is 0.170. The topological polar surface area (TPSA) is 12.5 Å². The van der Waals surface area contributed by atoms with Crippen molar-refractivity contribution in [3.8, 4) is 0 Å². The number of benzene rings is 2. The van der Waals surface area contributed by atoms with E-state index in [4.69, 9.17) is 132 Å². The first-order valence-corrected chi connectivity index (χ1v) is 15.9. The van der Waals surface area contributed by atoms with Gasteiger partial charge in [0.2, 0.25) is 3.79 Å². The lowest BCUT2D eigenvalue weighted by atomic mass is 9.73. The summed E-state index contributed by atoms with van der Waals surface area (Å²) in [6, 6.07) is 14.5. The molecule has 5 aliphatic rings. The van der Waals surface area contributed by atoms with Crippen molar-refractivity contribution in [3.63, 3.8) is 0 Å². The summed E-state index contributed by atoms with van der Waals surface area (Å²) < 4.78 is 2.89. The molecule has 1 nitrogen and oxygen atoms in total. The van der Waals surface area contributed by atoms with Crippen LogP contribution in [-0.4, -0.2) is 30.1 Å². The van der Waals surface area contributed by atoms with Crippen LogP contribution in [0.5, 0.6) is 0 Å². The molecule has 0 amide bonds. The smallest absolute Gasteiger partial charge is 0.201 e. The van der Waals surface area contributed by atoms with Crippen molar-refractivity contribution in [1.82, 2.24) is 0 Å². The number of epoxide rings is 1. The minimum absolute atomic E-state index is 0.0467. The molecule has 2 aromatic carbocycles. The second kappa shape index (κ2) is 9.67. The number of alkyl halides is 7. The van der Waals surface area contributed by atoms with Crippen molar-refractivity contribution >= 4 is 128 Å². The van der Waals surface area contributed by atoms with Gasteiger partial charge in [0.25, 0.3) is 0 Å². The molecule has 0 aromatic heterocycles. The fourth-order valence-corrected chi connectivity index (χ4v) is 11.3. The molecule has 1 saturated heterocycles. The van der Waals surface area contributed by atoms with E-state index in [2.05, 4.69) is 0 Å². The van der Waals surface area contributed by atoms with Crippen LogP contribution in [0.15, 0.2) is 58.6 Å². The first-order valence-electron chi connectivity index (χ1n) is 11.7. The Bertz CT molecular complexity index is 1210. The first-order chi connectivity index (χ1) is 17.7. The average molecular weight is 735 g/mol. The lowest BCUT2D eigenvalue weighted by molar-refractivity contribution is 0.237. The molecule has 38 heavy (non-hydrogen) atoms. The number of hydrogen-bond acceptors (Lipinski definition) is 1. The Morgan fingerprint density at radius 1 is 0.658 bits per heavy atom. The van der Waals surface area contributed by atoms with Crippen LogP contribution in [0.3, 0.4) is 0 Å². The standard InChI is InChI=1S/C14H9Cl5.C12H8Cl6O/c15-11-5-1-9(2-6-11)13(14(17,18)19)10-3-7-12(16)8-4-10;13-8-9(14)11(16)5-3-1-2(6-7(3)19-6)4(5)10(8,15)12(11,17)18/h1-8,13H;2-7H,1H2. The van der Waals surface area contributed by atoms with Crippen LogP contribution >= 0.6 is 128 Å². The van der Waals surface area contributed by atoms with Crippen LogP contribution in [-0.2, 0) is 4.74 Å². The first kappa shape index (κ1) is 29.4. The summed E-state index contributed by atoms with van der Waals surface area (Å²) in [5, 5.41) is 1.93. The SMILES string of the molecule is ClC1=C(Cl)C2(Cl)C3C4CC(C5OC45)C3C1(Cl)C2(Cl)Cl.Clc1ccc(C(c2ccc(Cl)cc2)C(Cl)(Cl)Cl)cc1. The predicted octanol–water partition coefficient (Wildman–Crippen LogP) is 11.0. The van der Waals surface area contributed by atoms with Crippen LogP contribution < -0.4 is 0 Å². The molecule has 4 fully saturated rings. The Kier molecular flexibility index (Phi) is 7.48. The summed E-state index contributed by atoms with van der Waals surface area (Å²) in [7, 11) is 0. The molecule has 1 heterocycles. The van der Waals surface area contributed by atoms with Crippen LogP contribution in [0.4, 0.5) is 0 Å². The van der Waals surface area contributed by atoms with Crippen molar-refractivity contribution in [2.45, 2.75) is 42.4 Å². The zero-order valence-corrected chi connectivity index (χ0v) is 27.2. The number of rotatable bonds is 2. The van der Waals surface area contributed by atoms with Crippen molar-refractivity contribution < 1.29 is 4.74 Å². The molecule has 8 atom stereocenters. The van der Waals surface area contributed by atoms with Crippen molar-refractivity contribution in [3.05, 3.63) is 79.8 Å². The van der Waals surface area contributed by atoms with Crippen LogP contribution in [0.1, 0.15) is 23.5 Å². The third-order valence-electron chi connectivity index (χ3n) is 8.66. The zero-order chi connectivity index (χ0) is 27.6.